The van der Waals surface area contributed by atoms with Gasteiger partial charge in [-0.2, -0.15) is 10.6 Å². The molecule has 1 aliphatic rings. The molecular weight excluding hydrogens is 554 g/mol. The lowest BCUT2D eigenvalue weighted by Crippen LogP contribution is -2.44. The lowest BCUT2D eigenvalue weighted by molar-refractivity contribution is -0.981. The van der Waals surface area contributed by atoms with Gasteiger partial charge in [0.2, 0.25) is 11.8 Å². The molecule has 42 heavy (non-hydrogen) atoms. The summed E-state index contributed by atoms with van der Waals surface area (Å²) in [5.74, 6) is 0.410. The number of unbranched alkanes of at least 4 members (excludes halogenated alkanes) is 1. The van der Waals surface area contributed by atoms with Crippen molar-refractivity contribution >= 4 is 30.1 Å². The van der Waals surface area contributed by atoms with E-state index in [-0.39, 0.29) is 11.9 Å². The number of nitrogens with zero attached hydrogens (tertiary/aromatic N) is 5. The number of aromatic nitrogens is 4. The molecule has 2 aromatic rings. The molecular formula is C30H46N7O4S+. The number of allylic oxidation sites excluding steroid dienone is 4. The van der Waals surface area contributed by atoms with E-state index < -0.39 is 9.58 Å². The van der Waals surface area contributed by atoms with Crippen molar-refractivity contribution in [1.29, 1.82) is 0 Å². The second-order valence-electron chi connectivity index (χ2n) is 10.1. The molecule has 230 valence electrons. The van der Waals surface area contributed by atoms with Crippen molar-refractivity contribution in [3.8, 4) is 5.88 Å². The molecule has 11 nitrogen and oxygen atoms in total. The second-order valence-corrected chi connectivity index (χ2v) is 10.7. The summed E-state index contributed by atoms with van der Waals surface area (Å²) >= 11 is 4.27. The summed E-state index contributed by atoms with van der Waals surface area (Å²) in [5.41, 5.74) is 3.97. The number of methoxy groups -OCH3 is 1. The number of amides is 1. The summed E-state index contributed by atoms with van der Waals surface area (Å²) in [6.07, 6.45) is 16.2. The van der Waals surface area contributed by atoms with Crippen LogP contribution in [0.2, 0.25) is 0 Å². The SMILES string of the molecule is C=C(/C=C\C(=C/C)c1cncc(OCC)n1)NC(=O)C(C)(CCOC)c1cncc(N[N+](O)(S)C2CC2)n1.CCCC. The van der Waals surface area contributed by atoms with Gasteiger partial charge in [-0.1, -0.05) is 45.4 Å². The van der Waals surface area contributed by atoms with Crippen LogP contribution in [0.5, 0.6) is 5.88 Å². The van der Waals surface area contributed by atoms with Gasteiger partial charge in [0, 0.05) is 38.5 Å². The van der Waals surface area contributed by atoms with Crippen LogP contribution in [-0.4, -0.2) is 61.6 Å². The first kappa shape index (κ1) is 34.9. The van der Waals surface area contributed by atoms with Gasteiger partial charge < -0.3 is 14.8 Å². The summed E-state index contributed by atoms with van der Waals surface area (Å²) in [7, 11) is 1.57. The molecule has 0 saturated heterocycles. The van der Waals surface area contributed by atoms with Gasteiger partial charge in [-0.3, -0.25) is 14.8 Å². The number of ether oxygens (including phenoxy) is 2. The molecule has 0 aromatic carbocycles. The minimum absolute atomic E-state index is 0.0308. The molecule has 2 unspecified atom stereocenters. The van der Waals surface area contributed by atoms with Gasteiger partial charge in [-0.05, 0) is 43.0 Å². The van der Waals surface area contributed by atoms with Crippen LogP contribution in [0.3, 0.4) is 0 Å². The van der Waals surface area contributed by atoms with Crippen LogP contribution in [-0.2, 0) is 14.9 Å². The zero-order chi connectivity index (χ0) is 31.2. The van der Waals surface area contributed by atoms with E-state index in [1.165, 1.54) is 25.2 Å². The number of hydrogen-bond acceptors (Lipinski definition) is 10. The molecule has 1 fully saturated rings. The van der Waals surface area contributed by atoms with Crippen molar-refractivity contribution in [3.63, 3.8) is 0 Å². The Hall–Kier alpha value is -3.32. The Balaban J connectivity index is 0.00000144. The number of hydroxylamine groups is 1. The van der Waals surface area contributed by atoms with E-state index in [0.29, 0.717) is 48.4 Å². The van der Waals surface area contributed by atoms with Crippen LogP contribution in [0.1, 0.15) is 78.1 Å². The minimum Gasteiger partial charge on any atom is -0.477 e. The zero-order valence-corrected chi connectivity index (χ0v) is 26.5. The Bertz CT molecular complexity index is 1230. The topological polar surface area (TPSA) is 131 Å². The van der Waals surface area contributed by atoms with Crippen LogP contribution in [0.15, 0.2) is 55.3 Å². The highest BCUT2D eigenvalue weighted by atomic mass is 32.1. The molecule has 1 amide bonds. The van der Waals surface area contributed by atoms with Crippen LogP contribution in [0.4, 0.5) is 5.82 Å². The molecule has 1 aliphatic carbocycles. The standard InChI is InChI=1S/C26H35N7O4S.C4H10/c1-6-19(21-14-27-17-24(30-21)37-7-2)9-8-18(3)29-25(34)26(4,12-13-36-5)22-15-28-16-23(31-22)32-33(35,38)20-10-11-20;1-3-4-2/h6,8-9,14-17,20,35,38H,3,7,10-13H2,1-2,4-5H3,(H-,29,31,32,34);3-4H2,1-2H3/p+1/b9-8-,19-6+;. The Kier molecular flexibility index (Phi) is 14.1. The fourth-order valence-electron chi connectivity index (χ4n) is 3.59. The quantitative estimate of drug-likeness (QED) is 0.0893. The number of nitrogens with one attached hydrogen (secondary N) is 2. The van der Waals surface area contributed by atoms with Crippen LogP contribution in [0.25, 0.3) is 5.57 Å². The second kappa shape index (κ2) is 17.0. The van der Waals surface area contributed by atoms with Gasteiger partial charge >= 0.3 is 0 Å². The number of hydrogen-bond donors (Lipinski definition) is 4. The Labute approximate surface area is 255 Å². The first-order chi connectivity index (χ1) is 20.0. The summed E-state index contributed by atoms with van der Waals surface area (Å²) in [6, 6.07) is -0.0308. The van der Waals surface area contributed by atoms with E-state index in [1.54, 1.807) is 38.6 Å². The lowest BCUT2D eigenvalue weighted by Gasteiger charge is -2.28. The average Bonchev–Trinajstić information content (AvgIpc) is 3.83. The predicted molar refractivity (Wildman–Crippen MR) is 167 cm³/mol. The first-order valence-corrected chi connectivity index (χ1v) is 14.7. The van der Waals surface area contributed by atoms with E-state index in [4.69, 9.17) is 9.47 Å². The van der Waals surface area contributed by atoms with Gasteiger partial charge in [-0.15, -0.1) is 0 Å². The minimum atomic E-state index is -1.10. The van der Waals surface area contributed by atoms with Gasteiger partial charge in [-0.25, -0.2) is 9.97 Å². The smallest absolute Gasteiger partial charge is 0.236 e. The molecule has 3 N–H and O–H groups in total. The van der Waals surface area contributed by atoms with Crippen molar-refractivity contribution in [3.05, 3.63) is 66.7 Å². The fraction of sp³-hybridized carbons (Fsp3) is 0.500. The molecule has 0 bridgehead atoms. The van der Waals surface area contributed by atoms with Crippen LogP contribution < -0.4 is 15.5 Å². The number of anilines is 1. The Morgan fingerprint density at radius 1 is 1.17 bits per heavy atom. The summed E-state index contributed by atoms with van der Waals surface area (Å²) < 4.78 is 10.0. The average molecular weight is 601 g/mol. The molecule has 1 saturated carbocycles. The van der Waals surface area contributed by atoms with Crippen molar-refractivity contribution < 1.29 is 23.6 Å². The van der Waals surface area contributed by atoms with E-state index in [0.717, 1.165) is 18.4 Å². The highest BCUT2D eigenvalue weighted by molar-refractivity contribution is 7.74. The van der Waals surface area contributed by atoms with Gasteiger partial charge in [0.15, 0.2) is 11.9 Å². The highest BCUT2D eigenvalue weighted by Crippen LogP contribution is 2.34. The molecule has 2 aromatic heterocycles. The molecule has 12 heteroatoms. The fourth-order valence-corrected chi connectivity index (χ4v) is 3.93. The lowest BCUT2D eigenvalue weighted by atomic mass is 9.82. The molecule has 0 spiro atoms. The number of quaternary nitrogens is 1. The molecule has 0 radical (unpaired) electrons. The highest BCUT2D eigenvalue weighted by Gasteiger charge is 2.45. The maximum absolute atomic E-state index is 13.5. The van der Waals surface area contributed by atoms with Crippen molar-refractivity contribution in [2.45, 2.75) is 78.2 Å². The van der Waals surface area contributed by atoms with Gasteiger partial charge in [0.05, 0.1) is 42.0 Å². The third-order valence-electron chi connectivity index (χ3n) is 6.59. The van der Waals surface area contributed by atoms with E-state index in [2.05, 4.69) is 63.9 Å². The first-order valence-electron chi connectivity index (χ1n) is 14.3. The van der Waals surface area contributed by atoms with E-state index in [1.807, 2.05) is 19.9 Å². The largest absolute Gasteiger partial charge is 0.477 e. The Morgan fingerprint density at radius 2 is 1.86 bits per heavy atom. The van der Waals surface area contributed by atoms with Crippen LogP contribution in [0, 0.1) is 0 Å². The number of rotatable bonds is 15. The molecule has 3 rings (SSSR count). The predicted octanol–water partition coefficient (Wildman–Crippen LogP) is 5.60. The number of carbonyl (C=O) groups is 1. The van der Waals surface area contributed by atoms with Gasteiger partial charge in [0.25, 0.3) is 0 Å². The third kappa shape index (κ3) is 10.5. The summed E-state index contributed by atoms with van der Waals surface area (Å²) in [4.78, 5) is 31.0. The third-order valence-corrected chi connectivity index (χ3v) is 7.02. The number of thiol groups is 1. The van der Waals surface area contributed by atoms with E-state index in [9.17, 15) is 10.0 Å². The normalized spacial score (nSPS) is 16.0. The summed E-state index contributed by atoms with van der Waals surface area (Å²) in [5, 5.41) is 13.4. The maximum Gasteiger partial charge on any atom is 0.236 e. The molecule has 2 heterocycles. The van der Waals surface area contributed by atoms with Crippen molar-refractivity contribution in [2.75, 3.05) is 25.7 Å². The van der Waals surface area contributed by atoms with Crippen molar-refractivity contribution in [2.24, 2.45) is 0 Å². The van der Waals surface area contributed by atoms with Crippen molar-refractivity contribution in [1.82, 2.24) is 25.3 Å². The maximum atomic E-state index is 13.5. The monoisotopic (exact) mass is 600 g/mol. The number of carbonyl (C=O) groups excluding carboxylic acids is 1. The van der Waals surface area contributed by atoms with Gasteiger partial charge in [0.1, 0.15) is 12.8 Å². The van der Waals surface area contributed by atoms with E-state index >= 15 is 0 Å². The molecule has 2 atom stereocenters. The Morgan fingerprint density at radius 3 is 2.45 bits per heavy atom. The van der Waals surface area contributed by atoms with Crippen LogP contribution >= 0.6 is 12.8 Å². The zero-order valence-electron chi connectivity index (χ0n) is 25.6. The summed E-state index contributed by atoms with van der Waals surface area (Å²) in [6.45, 7) is 14.7. The molecule has 0 aliphatic heterocycles.